The molecule has 0 saturated carbocycles. The van der Waals surface area contributed by atoms with Gasteiger partial charge in [-0.3, -0.25) is 0 Å². The lowest BCUT2D eigenvalue weighted by molar-refractivity contribution is -0.0277. The molecule has 27 heavy (non-hydrogen) atoms. The fraction of sp³-hybridized carbons (Fsp3) is 0.158. The van der Waals surface area contributed by atoms with Crippen LogP contribution in [0.15, 0.2) is 64.9 Å². The Morgan fingerprint density at radius 1 is 1.07 bits per heavy atom. The number of hydrogen-bond donors (Lipinski definition) is 1. The second-order valence-corrected chi connectivity index (χ2v) is 6.08. The molecule has 1 aliphatic heterocycles. The number of carboxylic acid groups (broad SMARTS) is 1. The van der Waals surface area contributed by atoms with Gasteiger partial charge in [0.25, 0.3) is 0 Å². The molecule has 0 aliphatic carbocycles. The molecule has 8 nitrogen and oxygen atoms in total. The van der Waals surface area contributed by atoms with Gasteiger partial charge in [-0.15, -0.1) is 0 Å². The van der Waals surface area contributed by atoms with E-state index in [0.717, 1.165) is 32.1 Å². The zero-order chi connectivity index (χ0) is 19.0. The molecule has 0 radical (unpaired) electrons. The summed E-state index contributed by atoms with van der Waals surface area (Å²) in [5, 5.41) is 22.7. The maximum Gasteiger partial charge on any atom is 0.449 e. The third kappa shape index (κ3) is 2.80. The lowest BCUT2D eigenvalue weighted by Crippen LogP contribution is -2.49. The largest absolute Gasteiger partial charge is 0.462 e. The van der Waals surface area contributed by atoms with Gasteiger partial charge in [0.2, 0.25) is 0 Å². The van der Waals surface area contributed by atoms with E-state index in [1.165, 1.54) is 7.11 Å². The molecule has 0 saturated heterocycles. The molecule has 4 rings (SSSR count). The van der Waals surface area contributed by atoms with E-state index in [9.17, 15) is 14.7 Å². The number of amides is 2. The van der Waals surface area contributed by atoms with E-state index in [1.54, 1.807) is 0 Å². The molecule has 8 heteroatoms. The summed E-state index contributed by atoms with van der Waals surface area (Å²) in [6.07, 6.45) is -2.23. The van der Waals surface area contributed by atoms with Crippen LogP contribution in [0.2, 0.25) is 0 Å². The summed E-state index contributed by atoms with van der Waals surface area (Å²) >= 11 is 0. The summed E-state index contributed by atoms with van der Waals surface area (Å²) in [7, 11) is 1.19. The van der Waals surface area contributed by atoms with E-state index in [2.05, 4.69) is 16.4 Å². The second-order valence-electron chi connectivity index (χ2n) is 6.08. The second kappa shape index (κ2) is 6.56. The van der Waals surface area contributed by atoms with Crippen molar-refractivity contribution in [1.82, 2.24) is 10.1 Å². The number of benzene rings is 3. The Balaban J connectivity index is 1.92. The molecule has 2 amide bonds. The Bertz CT molecular complexity index is 1030. The number of carbonyl (C=O) groups excluding carboxylic acids is 1. The van der Waals surface area contributed by atoms with Crippen LogP contribution in [0.3, 0.4) is 0 Å². The van der Waals surface area contributed by atoms with Gasteiger partial charge in [-0.1, -0.05) is 53.6 Å². The molecule has 0 spiro atoms. The van der Waals surface area contributed by atoms with Crippen molar-refractivity contribution in [3.8, 4) is 0 Å². The number of methoxy groups -OCH3 is 1. The summed E-state index contributed by atoms with van der Waals surface area (Å²) < 4.78 is 4.71. The lowest BCUT2D eigenvalue weighted by Gasteiger charge is -2.32. The van der Waals surface area contributed by atoms with Gasteiger partial charge in [0.15, 0.2) is 0 Å². The predicted octanol–water partition coefficient (Wildman–Crippen LogP) is 4.38. The first-order valence-corrected chi connectivity index (χ1v) is 8.29. The van der Waals surface area contributed by atoms with Crippen molar-refractivity contribution < 1.29 is 19.4 Å². The Labute approximate surface area is 154 Å². The first-order valence-electron chi connectivity index (χ1n) is 8.29. The van der Waals surface area contributed by atoms with Gasteiger partial charge in [0, 0.05) is 0 Å². The third-order valence-electron chi connectivity index (χ3n) is 4.55. The van der Waals surface area contributed by atoms with Crippen molar-refractivity contribution in [2.45, 2.75) is 6.04 Å². The smallest absolute Gasteiger partial charge is 0.449 e. The molecule has 0 fully saturated rings. The average molecular weight is 364 g/mol. The zero-order valence-corrected chi connectivity index (χ0v) is 14.4. The first kappa shape index (κ1) is 16.8. The fourth-order valence-corrected chi connectivity index (χ4v) is 3.39. The van der Waals surface area contributed by atoms with Crippen molar-refractivity contribution in [2.24, 2.45) is 10.3 Å². The quantitative estimate of drug-likeness (QED) is 0.648. The molecule has 3 aromatic rings. The van der Waals surface area contributed by atoms with E-state index < -0.39 is 18.2 Å². The molecule has 136 valence electrons. The molecule has 1 unspecified atom stereocenters. The molecule has 0 bridgehead atoms. The molecular formula is C19H16N4O4. The highest BCUT2D eigenvalue weighted by Crippen LogP contribution is 2.36. The summed E-state index contributed by atoms with van der Waals surface area (Å²) in [6.45, 7) is 0.000471. The molecule has 0 aromatic heterocycles. The Morgan fingerprint density at radius 2 is 1.67 bits per heavy atom. The topological polar surface area (TPSA) is 94.8 Å². The van der Waals surface area contributed by atoms with Crippen LogP contribution in [0.1, 0.15) is 11.6 Å². The van der Waals surface area contributed by atoms with Crippen LogP contribution in [-0.2, 0) is 4.74 Å². The first-order chi connectivity index (χ1) is 13.1. The van der Waals surface area contributed by atoms with Crippen LogP contribution >= 0.6 is 0 Å². The van der Waals surface area contributed by atoms with Crippen LogP contribution in [0, 0.1) is 0 Å². The Morgan fingerprint density at radius 3 is 2.22 bits per heavy atom. The maximum atomic E-state index is 12.1. The van der Waals surface area contributed by atoms with Crippen LogP contribution < -0.4 is 0 Å². The minimum Gasteiger partial charge on any atom is -0.462 e. The van der Waals surface area contributed by atoms with E-state index in [4.69, 9.17) is 4.74 Å². The third-order valence-corrected chi connectivity index (χ3v) is 4.55. The standard InChI is InChI=1S/C19H16N4O4/c1-27-19(26)22-11-16(20-21-23(22)18(24)25)17-14-8-4-2-6-12(14)10-13-7-3-5-9-15(13)17/h2-10,16H,11H2,1H3,(H,24,25). The zero-order valence-electron chi connectivity index (χ0n) is 14.4. The summed E-state index contributed by atoms with van der Waals surface area (Å²) in [4.78, 5) is 23.5. The summed E-state index contributed by atoms with van der Waals surface area (Å²) in [5.41, 5.74) is 0.895. The van der Waals surface area contributed by atoms with Crippen LogP contribution in [-0.4, -0.2) is 41.1 Å². The number of fused-ring (bicyclic) bond motifs is 2. The van der Waals surface area contributed by atoms with E-state index >= 15 is 0 Å². The molecule has 1 atom stereocenters. The monoisotopic (exact) mass is 364 g/mol. The number of hydrazine groups is 1. The molecule has 3 aromatic carbocycles. The number of hydrogen-bond acceptors (Lipinski definition) is 5. The SMILES string of the molecule is COC(=O)N1CC(c2c3ccccc3cc3ccccc23)N=NN1C(=O)O. The molecule has 1 heterocycles. The average Bonchev–Trinajstić information content (AvgIpc) is 2.70. The molecule has 1 aliphatic rings. The number of rotatable bonds is 1. The van der Waals surface area contributed by atoms with Crippen LogP contribution in [0.25, 0.3) is 21.5 Å². The minimum absolute atomic E-state index is 0.000471. The molecular weight excluding hydrogens is 348 g/mol. The van der Waals surface area contributed by atoms with Gasteiger partial charge in [0.1, 0.15) is 6.04 Å². The highest BCUT2D eigenvalue weighted by Gasteiger charge is 2.35. The maximum absolute atomic E-state index is 12.1. The van der Waals surface area contributed by atoms with Crippen molar-refractivity contribution in [2.75, 3.05) is 13.7 Å². The van der Waals surface area contributed by atoms with Crippen molar-refractivity contribution in [1.29, 1.82) is 0 Å². The highest BCUT2D eigenvalue weighted by molar-refractivity contribution is 6.02. The predicted molar refractivity (Wildman–Crippen MR) is 98.0 cm³/mol. The van der Waals surface area contributed by atoms with Crippen molar-refractivity contribution in [3.63, 3.8) is 0 Å². The number of ether oxygens (including phenoxy) is 1. The fourth-order valence-electron chi connectivity index (χ4n) is 3.39. The van der Waals surface area contributed by atoms with Gasteiger partial charge in [0.05, 0.1) is 13.7 Å². The van der Waals surface area contributed by atoms with Crippen molar-refractivity contribution in [3.05, 3.63) is 60.2 Å². The van der Waals surface area contributed by atoms with E-state index in [-0.39, 0.29) is 6.54 Å². The lowest BCUT2D eigenvalue weighted by atomic mass is 9.92. The normalized spacial score (nSPS) is 16.7. The number of nitrogens with zero attached hydrogens (tertiary/aromatic N) is 4. The van der Waals surface area contributed by atoms with Gasteiger partial charge >= 0.3 is 12.2 Å². The number of carbonyl (C=O) groups is 2. The Hall–Kier alpha value is -3.68. The Kier molecular flexibility index (Phi) is 4.08. The summed E-state index contributed by atoms with van der Waals surface area (Å²) in [5.74, 6) is 0. The van der Waals surface area contributed by atoms with Crippen LogP contribution in [0.4, 0.5) is 9.59 Å². The van der Waals surface area contributed by atoms with Crippen LogP contribution in [0.5, 0.6) is 0 Å². The van der Waals surface area contributed by atoms with Crippen molar-refractivity contribution >= 4 is 33.7 Å². The molecule has 1 N–H and O–H groups in total. The summed E-state index contributed by atoms with van der Waals surface area (Å²) in [6, 6.07) is 17.3. The highest BCUT2D eigenvalue weighted by atomic mass is 16.6. The van der Waals surface area contributed by atoms with E-state index in [1.807, 2.05) is 48.5 Å². The van der Waals surface area contributed by atoms with Gasteiger partial charge < -0.3 is 9.84 Å². The van der Waals surface area contributed by atoms with Gasteiger partial charge in [-0.2, -0.15) is 10.1 Å². The van der Waals surface area contributed by atoms with Gasteiger partial charge in [-0.05, 0) is 38.4 Å². The van der Waals surface area contributed by atoms with E-state index in [0.29, 0.717) is 5.12 Å². The van der Waals surface area contributed by atoms with Gasteiger partial charge in [-0.25, -0.2) is 9.59 Å². The minimum atomic E-state index is -1.41.